The predicted octanol–water partition coefficient (Wildman–Crippen LogP) is 5.58. The molecule has 0 saturated heterocycles. The second-order valence-electron chi connectivity index (χ2n) is 11.2. The van der Waals surface area contributed by atoms with Gasteiger partial charge in [0, 0.05) is 23.2 Å². The van der Waals surface area contributed by atoms with Gasteiger partial charge in [-0.1, -0.05) is 48.4 Å². The molecule has 1 N–H and O–H groups in total. The summed E-state index contributed by atoms with van der Waals surface area (Å²) in [5, 5.41) is 3.37. The Morgan fingerprint density at radius 3 is 2.07 bits per heavy atom. The van der Waals surface area contributed by atoms with Crippen LogP contribution in [0.25, 0.3) is 0 Å². The molecule has 232 valence electrons. The summed E-state index contributed by atoms with van der Waals surface area (Å²) in [5.74, 6) is -0.293. The van der Waals surface area contributed by atoms with Gasteiger partial charge in [0.25, 0.3) is 10.0 Å². The summed E-state index contributed by atoms with van der Waals surface area (Å²) in [6, 6.07) is 17.2. The van der Waals surface area contributed by atoms with Crippen molar-refractivity contribution in [1.29, 1.82) is 0 Å². The lowest BCUT2D eigenvalue weighted by Gasteiger charge is -2.34. The Morgan fingerprint density at radius 1 is 0.930 bits per heavy atom. The van der Waals surface area contributed by atoms with E-state index in [2.05, 4.69) is 5.32 Å². The number of anilines is 1. The zero-order chi connectivity index (χ0) is 31.9. The second-order valence-corrected chi connectivity index (χ2v) is 13.5. The second kappa shape index (κ2) is 14.1. The maximum Gasteiger partial charge on any atom is 0.264 e. The quantitative estimate of drug-likeness (QED) is 0.280. The van der Waals surface area contributed by atoms with Crippen LogP contribution in [0.2, 0.25) is 5.02 Å². The molecule has 0 heterocycles. The first-order chi connectivity index (χ1) is 20.2. The number of nitrogens with one attached hydrogen (secondary N) is 1. The first-order valence-corrected chi connectivity index (χ1v) is 15.7. The first kappa shape index (κ1) is 33.7. The van der Waals surface area contributed by atoms with Gasteiger partial charge in [-0.05, 0) is 76.1 Å². The number of carbonyl (C=O) groups is 2. The molecule has 2 amide bonds. The molecule has 11 heteroatoms. The molecule has 0 aromatic heterocycles. The summed E-state index contributed by atoms with van der Waals surface area (Å²) in [6.45, 7) is 8.91. The van der Waals surface area contributed by atoms with Crippen LogP contribution < -0.4 is 19.1 Å². The van der Waals surface area contributed by atoms with Crippen LogP contribution in [-0.4, -0.2) is 57.5 Å². The van der Waals surface area contributed by atoms with Gasteiger partial charge < -0.3 is 19.7 Å². The molecule has 0 radical (unpaired) electrons. The molecule has 0 saturated carbocycles. The number of benzene rings is 3. The zero-order valence-electron chi connectivity index (χ0n) is 25.7. The number of amides is 2. The standard InChI is InChI=1S/C32H40ClN3O6S/c1-8-27(31(38)34-32(3,4)5)35(20-23-11-9-22(2)10-12-23)30(37)21-36(25-15-13-24(33)14-16-25)43(39,40)26-17-18-28(41-6)29(19-26)42-7/h9-19,27H,8,20-21H2,1-7H3,(H,34,38). The molecular weight excluding hydrogens is 590 g/mol. The van der Waals surface area contributed by atoms with Crippen molar-refractivity contribution in [3.8, 4) is 11.5 Å². The fourth-order valence-corrected chi connectivity index (χ4v) is 6.06. The van der Waals surface area contributed by atoms with E-state index in [4.69, 9.17) is 21.1 Å². The minimum Gasteiger partial charge on any atom is -0.493 e. The van der Waals surface area contributed by atoms with Crippen LogP contribution in [0.4, 0.5) is 5.69 Å². The highest BCUT2D eigenvalue weighted by Gasteiger charge is 2.35. The number of rotatable bonds is 12. The SMILES string of the molecule is CCC(C(=O)NC(C)(C)C)N(Cc1ccc(C)cc1)C(=O)CN(c1ccc(Cl)cc1)S(=O)(=O)c1ccc(OC)c(OC)c1. The van der Waals surface area contributed by atoms with Gasteiger partial charge in [0.15, 0.2) is 11.5 Å². The molecule has 9 nitrogen and oxygen atoms in total. The average Bonchev–Trinajstić information content (AvgIpc) is 2.95. The number of aryl methyl sites for hydroxylation is 1. The number of halogens is 1. The van der Waals surface area contributed by atoms with Gasteiger partial charge in [0.1, 0.15) is 12.6 Å². The lowest BCUT2D eigenvalue weighted by molar-refractivity contribution is -0.141. The maximum atomic E-state index is 14.2. The van der Waals surface area contributed by atoms with Crippen LogP contribution in [0.5, 0.6) is 11.5 Å². The van der Waals surface area contributed by atoms with Crippen LogP contribution in [-0.2, 0) is 26.2 Å². The molecule has 0 spiro atoms. The number of methoxy groups -OCH3 is 2. The van der Waals surface area contributed by atoms with Gasteiger partial charge in [-0.15, -0.1) is 0 Å². The molecule has 3 aromatic carbocycles. The minimum atomic E-state index is -4.31. The van der Waals surface area contributed by atoms with Crippen LogP contribution in [0.15, 0.2) is 71.6 Å². The Hall–Kier alpha value is -3.76. The summed E-state index contributed by atoms with van der Waals surface area (Å²) in [5.41, 5.74) is 1.56. The van der Waals surface area contributed by atoms with Crippen LogP contribution in [0.3, 0.4) is 0 Å². The van der Waals surface area contributed by atoms with Crippen molar-refractivity contribution in [3.63, 3.8) is 0 Å². The zero-order valence-corrected chi connectivity index (χ0v) is 27.3. The van der Waals surface area contributed by atoms with E-state index in [9.17, 15) is 18.0 Å². The Balaban J connectivity index is 2.10. The highest BCUT2D eigenvalue weighted by molar-refractivity contribution is 7.92. The highest BCUT2D eigenvalue weighted by Crippen LogP contribution is 2.33. The van der Waals surface area contributed by atoms with Gasteiger partial charge >= 0.3 is 0 Å². The molecule has 0 bridgehead atoms. The molecule has 0 aliphatic carbocycles. The number of hydrogen-bond acceptors (Lipinski definition) is 6. The summed E-state index contributed by atoms with van der Waals surface area (Å²) in [7, 11) is -1.45. The molecule has 0 aliphatic heterocycles. The van der Waals surface area contributed by atoms with E-state index in [1.54, 1.807) is 12.1 Å². The largest absolute Gasteiger partial charge is 0.493 e. The summed E-state index contributed by atoms with van der Waals surface area (Å²) < 4.78 is 39.9. The number of nitrogens with zero attached hydrogens (tertiary/aromatic N) is 2. The third-order valence-corrected chi connectivity index (χ3v) is 8.72. The van der Waals surface area contributed by atoms with Crippen molar-refractivity contribution in [1.82, 2.24) is 10.2 Å². The third kappa shape index (κ3) is 8.64. The van der Waals surface area contributed by atoms with E-state index in [0.29, 0.717) is 17.2 Å². The van der Waals surface area contributed by atoms with E-state index in [1.165, 1.54) is 49.5 Å². The monoisotopic (exact) mass is 629 g/mol. The third-order valence-electron chi connectivity index (χ3n) is 6.69. The summed E-state index contributed by atoms with van der Waals surface area (Å²) in [6.07, 6.45) is 0.322. The van der Waals surface area contributed by atoms with Crippen LogP contribution in [0, 0.1) is 6.92 Å². The van der Waals surface area contributed by atoms with Gasteiger partial charge in [-0.25, -0.2) is 8.42 Å². The fourth-order valence-electron chi connectivity index (χ4n) is 4.50. The normalized spacial score (nSPS) is 12.3. The molecule has 0 aliphatic rings. The maximum absolute atomic E-state index is 14.2. The van der Waals surface area contributed by atoms with E-state index in [1.807, 2.05) is 58.9 Å². The Bertz CT molecular complexity index is 1520. The molecule has 1 atom stereocenters. The number of carbonyl (C=O) groups excluding carboxylic acids is 2. The van der Waals surface area contributed by atoms with Crippen molar-refractivity contribution in [2.75, 3.05) is 25.1 Å². The van der Waals surface area contributed by atoms with E-state index in [-0.39, 0.29) is 28.8 Å². The lowest BCUT2D eigenvalue weighted by Crippen LogP contribution is -2.55. The molecular formula is C32H40ClN3O6S. The summed E-state index contributed by atoms with van der Waals surface area (Å²) >= 11 is 6.11. The van der Waals surface area contributed by atoms with Crippen molar-refractivity contribution in [2.24, 2.45) is 0 Å². The Morgan fingerprint density at radius 2 is 1.53 bits per heavy atom. The van der Waals surface area contributed by atoms with Gasteiger partial charge in [0.05, 0.1) is 24.8 Å². The highest BCUT2D eigenvalue weighted by atomic mass is 35.5. The molecule has 0 fully saturated rings. The van der Waals surface area contributed by atoms with Gasteiger partial charge in [-0.3, -0.25) is 13.9 Å². The molecule has 1 unspecified atom stereocenters. The van der Waals surface area contributed by atoms with E-state index >= 15 is 0 Å². The first-order valence-electron chi connectivity index (χ1n) is 13.9. The average molecular weight is 630 g/mol. The van der Waals surface area contributed by atoms with E-state index in [0.717, 1.165) is 15.4 Å². The fraction of sp³-hybridized carbons (Fsp3) is 0.375. The number of sulfonamides is 1. The lowest BCUT2D eigenvalue weighted by atomic mass is 10.1. The van der Waals surface area contributed by atoms with Crippen molar-refractivity contribution < 1.29 is 27.5 Å². The van der Waals surface area contributed by atoms with Crippen LogP contribution in [0.1, 0.15) is 45.2 Å². The number of ether oxygens (including phenoxy) is 2. The Labute approximate surface area is 259 Å². The van der Waals surface area contributed by atoms with Gasteiger partial charge in [-0.2, -0.15) is 0 Å². The van der Waals surface area contributed by atoms with Crippen molar-refractivity contribution >= 4 is 39.1 Å². The smallest absolute Gasteiger partial charge is 0.264 e. The van der Waals surface area contributed by atoms with E-state index < -0.39 is 34.1 Å². The molecule has 43 heavy (non-hydrogen) atoms. The number of hydrogen-bond donors (Lipinski definition) is 1. The predicted molar refractivity (Wildman–Crippen MR) is 169 cm³/mol. The van der Waals surface area contributed by atoms with Crippen molar-refractivity contribution in [2.45, 2.75) is 64.1 Å². The molecule has 3 rings (SSSR count). The van der Waals surface area contributed by atoms with Crippen molar-refractivity contribution in [3.05, 3.63) is 82.9 Å². The topological polar surface area (TPSA) is 105 Å². The Kier molecular flexibility index (Phi) is 11.1. The van der Waals surface area contributed by atoms with Crippen LogP contribution >= 0.6 is 11.6 Å². The minimum absolute atomic E-state index is 0.101. The van der Waals surface area contributed by atoms with Gasteiger partial charge in [0.2, 0.25) is 11.8 Å². The summed E-state index contributed by atoms with van der Waals surface area (Å²) in [4.78, 5) is 29.0. The molecule has 3 aromatic rings.